The van der Waals surface area contributed by atoms with Crippen molar-refractivity contribution in [2.75, 3.05) is 13.4 Å². The quantitative estimate of drug-likeness (QED) is 0.800. The number of para-hydroxylation sites is 1. The molecule has 1 aromatic rings. The maximum atomic E-state index is 6.33. The van der Waals surface area contributed by atoms with Gasteiger partial charge >= 0.3 is 0 Å². The van der Waals surface area contributed by atoms with E-state index >= 15 is 0 Å². The van der Waals surface area contributed by atoms with Gasteiger partial charge in [-0.3, -0.25) is 0 Å². The molecule has 1 aromatic carbocycles. The molecular weight excluding hydrogens is 206 g/mol. The largest absolute Gasteiger partial charge is 0.495 e. The summed E-state index contributed by atoms with van der Waals surface area (Å²) in [6, 6.07) is 6.24. The van der Waals surface area contributed by atoms with Crippen molar-refractivity contribution in [2.24, 2.45) is 5.73 Å². The van der Waals surface area contributed by atoms with Crippen molar-refractivity contribution in [2.45, 2.75) is 29.7 Å². The molecule has 0 radical (unpaired) electrons. The number of rotatable bonds is 3. The Balaban J connectivity index is 2.46. The van der Waals surface area contributed by atoms with E-state index in [0.717, 1.165) is 18.6 Å². The zero-order valence-electron chi connectivity index (χ0n) is 9.25. The lowest BCUT2D eigenvalue weighted by Crippen LogP contribution is -2.43. The van der Waals surface area contributed by atoms with Gasteiger partial charge < -0.3 is 10.5 Å². The van der Waals surface area contributed by atoms with Crippen LogP contribution in [-0.2, 0) is 5.54 Å². The van der Waals surface area contributed by atoms with Crippen LogP contribution in [0.4, 0.5) is 0 Å². The highest BCUT2D eigenvalue weighted by atomic mass is 32.2. The fraction of sp³-hybridized carbons (Fsp3) is 0.500. The molecule has 0 bridgehead atoms. The molecule has 0 heterocycles. The third kappa shape index (κ3) is 1.74. The third-order valence-electron chi connectivity index (χ3n) is 3.19. The minimum Gasteiger partial charge on any atom is -0.495 e. The van der Waals surface area contributed by atoms with Crippen molar-refractivity contribution >= 4 is 11.8 Å². The second-order valence-corrected chi connectivity index (χ2v) is 4.90. The number of hydrogen-bond donors (Lipinski definition) is 1. The van der Waals surface area contributed by atoms with Crippen LogP contribution in [0.3, 0.4) is 0 Å². The number of nitrogens with two attached hydrogens (primary N) is 1. The van der Waals surface area contributed by atoms with E-state index in [9.17, 15) is 0 Å². The van der Waals surface area contributed by atoms with Crippen LogP contribution >= 0.6 is 11.8 Å². The van der Waals surface area contributed by atoms with Crippen LogP contribution in [0.15, 0.2) is 23.1 Å². The molecule has 0 saturated heterocycles. The van der Waals surface area contributed by atoms with Crippen molar-refractivity contribution in [3.8, 4) is 5.75 Å². The van der Waals surface area contributed by atoms with Gasteiger partial charge in [0.15, 0.2) is 0 Å². The van der Waals surface area contributed by atoms with Crippen molar-refractivity contribution in [1.82, 2.24) is 0 Å². The topological polar surface area (TPSA) is 35.2 Å². The zero-order valence-corrected chi connectivity index (χ0v) is 10.1. The summed E-state index contributed by atoms with van der Waals surface area (Å²) in [4.78, 5) is 1.17. The molecule has 0 aromatic heterocycles. The molecule has 15 heavy (non-hydrogen) atoms. The molecule has 2 N–H and O–H groups in total. The van der Waals surface area contributed by atoms with E-state index in [1.165, 1.54) is 16.9 Å². The number of thioether (sulfide) groups is 1. The Morgan fingerprint density at radius 2 is 2.13 bits per heavy atom. The summed E-state index contributed by atoms with van der Waals surface area (Å²) in [7, 11) is 1.72. The van der Waals surface area contributed by atoms with Gasteiger partial charge in [0.1, 0.15) is 5.75 Å². The first-order chi connectivity index (χ1) is 7.21. The summed E-state index contributed by atoms with van der Waals surface area (Å²) < 4.78 is 5.49. The first-order valence-electron chi connectivity index (χ1n) is 5.21. The Bertz CT molecular complexity index is 361. The van der Waals surface area contributed by atoms with Crippen molar-refractivity contribution < 1.29 is 4.74 Å². The van der Waals surface area contributed by atoms with Crippen LogP contribution in [0.25, 0.3) is 0 Å². The Kier molecular flexibility index (Phi) is 2.94. The third-order valence-corrected chi connectivity index (χ3v) is 3.95. The van der Waals surface area contributed by atoms with Crippen molar-refractivity contribution in [1.29, 1.82) is 0 Å². The number of methoxy groups -OCH3 is 1. The van der Waals surface area contributed by atoms with Gasteiger partial charge in [-0.15, -0.1) is 11.8 Å². The molecule has 0 atom stereocenters. The molecule has 1 aliphatic carbocycles. The summed E-state index contributed by atoms with van der Waals surface area (Å²) >= 11 is 1.70. The Morgan fingerprint density at radius 3 is 2.60 bits per heavy atom. The molecule has 0 aliphatic heterocycles. The lowest BCUT2D eigenvalue weighted by atomic mass is 9.72. The first kappa shape index (κ1) is 10.8. The standard InChI is InChI=1S/C12H17NOS/c1-14-11-9(12(13)7-4-8-12)5-3-6-10(11)15-2/h3,5-6H,4,7-8,13H2,1-2H3. The maximum absolute atomic E-state index is 6.33. The van der Waals surface area contributed by atoms with E-state index in [1.54, 1.807) is 18.9 Å². The van der Waals surface area contributed by atoms with E-state index in [0.29, 0.717) is 0 Å². The fourth-order valence-electron chi connectivity index (χ4n) is 2.11. The lowest BCUT2D eigenvalue weighted by Gasteiger charge is -2.39. The fourth-order valence-corrected chi connectivity index (χ4v) is 2.70. The van der Waals surface area contributed by atoms with E-state index in [4.69, 9.17) is 10.5 Å². The lowest BCUT2D eigenvalue weighted by molar-refractivity contribution is 0.242. The first-order valence-corrected chi connectivity index (χ1v) is 6.44. The molecule has 0 amide bonds. The van der Waals surface area contributed by atoms with Crippen LogP contribution in [-0.4, -0.2) is 13.4 Å². The Hall–Kier alpha value is -0.670. The van der Waals surface area contributed by atoms with Crippen molar-refractivity contribution in [3.05, 3.63) is 23.8 Å². The highest BCUT2D eigenvalue weighted by molar-refractivity contribution is 7.98. The Labute approximate surface area is 95.2 Å². The molecule has 0 spiro atoms. The van der Waals surface area contributed by atoms with Crippen molar-refractivity contribution in [3.63, 3.8) is 0 Å². The monoisotopic (exact) mass is 223 g/mol. The summed E-state index contributed by atoms with van der Waals surface area (Å²) in [6.07, 6.45) is 5.43. The molecule has 2 rings (SSSR count). The minimum atomic E-state index is -0.142. The predicted molar refractivity (Wildman–Crippen MR) is 64.5 cm³/mol. The van der Waals surface area contributed by atoms with Gasteiger partial charge in [-0.05, 0) is 31.6 Å². The summed E-state index contributed by atoms with van der Waals surface area (Å²) in [6.45, 7) is 0. The molecule has 82 valence electrons. The van der Waals surface area contributed by atoms with Crippen LogP contribution in [0.2, 0.25) is 0 Å². The van der Waals surface area contributed by atoms with Gasteiger partial charge in [-0.2, -0.15) is 0 Å². The van der Waals surface area contributed by atoms with E-state index in [2.05, 4.69) is 24.5 Å². The summed E-state index contributed by atoms with van der Waals surface area (Å²) in [5.41, 5.74) is 7.36. The second-order valence-electron chi connectivity index (χ2n) is 4.05. The average Bonchev–Trinajstić information content (AvgIpc) is 2.24. The highest BCUT2D eigenvalue weighted by Crippen LogP contribution is 2.45. The molecule has 0 unspecified atom stereocenters. The average molecular weight is 223 g/mol. The van der Waals surface area contributed by atoms with Crippen LogP contribution in [0, 0.1) is 0 Å². The van der Waals surface area contributed by atoms with Gasteiger partial charge in [0, 0.05) is 16.0 Å². The Morgan fingerprint density at radius 1 is 1.40 bits per heavy atom. The second kappa shape index (κ2) is 4.06. The van der Waals surface area contributed by atoms with Gasteiger partial charge in [0.2, 0.25) is 0 Å². The highest BCUT2D eigenvalue weighted by Gasteiger charge is 2.37. The van der Waals surface area contributed by atoms with Crippen LogP contribution in [0.1, 0.15) is 24.8 Å². The number of benzene rings is 1. The SMILES string of the molecule is COc1c(SC)cccc1C1(N)CCC1. The van der Waals surface area contributed by atoms with Gasteiger partial charge in [0.25, 0.3) is 0 Å². The molecule has 1 aliphatic rings. The van der Waals surface area contributed by atoms with Gasteiger partial charge in [-0.25, -0.2) is 0 Å². The van der Waals surface area contributed by atoms with E-state index in [-0.39, 0.29) is 5.54 Å². The zero-order chi connectivity index (χ0) is 10.9. The molecule has 1 saturated carbocycles. The van der Waals surface area contributed by atoms with Crippen LogP contribution < -0.4 is 10.5 Å². The predicted octanol–water partition coefficient (Wildman–Crippen LogP) is 2.76. The smallest absolute Gasteiger partial charge is 0.137 e. The van der Waals surface area contributed by atoms with E-state index in [1.807, 2.05) is 0 Å². The number of hydrogen-bond acceptors (Lipinski definition) is 3. The molecule has 1 fully saturated rings. The maximum Gasteiger partial charge on any atom is 0.137 e. The molecule has 2 nitrogen and oxygen atoms in total. The summed E-state index contributed by atoms with van der Waals surface area (Å²) in [5, 5.41) is 0. The summed E-state index contributed by atoms with van der Waals surface area (Å²) in [5.74, 6) is 0.965. The van der Waals surface area contributed by atoms with E-state index < -0.39 is 0 Å². The molecule has 3 heteroatoms. The van der Waals surface area contributed by atoms with Gasteiger partial charge in [-0.1, -0.05) is 12.1 Å². The normalized spacial score (nSPS) is 18.3. The number of ether oxygens (including phenoxy) is 1. The minimum absolute atomic E-state index is 0.142. The van der Waals surface area contributed by atoms with Crippen LogP contribution in [0.5, 0.6) is 5.75 Å². The molecular formula is C12H17NOS. The van der Waals surface area contributed by atoms with Gasteiger partial charge in [0.05, 0.1) is 7.11 Å².